The Labute approximate surface area is 78.0 Å². The second kappa shape index (κ2) is 4.43. The number of primary amides is 1. The quantitative estimate of drug-likeness (QED) is 0.611. The third-order valence-corrected chi connectivity index (χ3v) is 2.56. The van der Waals surface area contributed by atoms with Crippen molar-refractivity contribution in [3.8, 4) is 0 Å². The molecular formula is C8H17N3O2. The van der Waals surface area contributed by atoms with E-state index in [1.54, 1.807) is 12.0 Å². The average molecular weight is 187 g/mol. The fourth-order valence-electron chi connectivity index (χ4n) is 1.74. The lowest BCUT2D eigenvalue weighted by molar-refractivity contribution is 0.0285. The molecule has 0 spiro atoms. The van der Waals surface area contributed by atoms with Crippen LogP contribution in [-0.2, 0) is 4.74 Å². The maximum absolute atomic E-state index is 11.0. The van der Waals surface area contributed by atoms with Gasteiger partial charge in [-0.2, -0.15) is 0 Å². The number of nitrogens with two attached hydrogens (primary N) is 2. The van der Waals surface area contributed by atoms with Gasteiger partial charge in [0.1, 0.15) is 0 Å². The van der Waals surface area contributed by atoms with Crippen LogP contribution in [0.3, 0.4) is 0 Å². The highest BCUT2D eigenvalue weighted by atomic mass is 16.5. The molecule has 76 valence electrons. The van der Waals surface area contributed by atoms with Gasteiger partial charge in [0.05, 0.1) is 6.10 Å². The standard InChI is InChI=1S/C8H17N3O2/c1-13-7-2-3-11(8(10)12)6(4-7)5-9/h6-7H,2-5,9H2,1H3,(H2,10,12). The summed E-state index contributed by atoms with van der Waals surface area (Å²) in [7, 11) is 1.68. The molecule has 1 aliphatic heterocycles. The fourth-order valence-corrected chi connectivity index (χ4v) is 1.74. The molecule has 0 radical (unpaired) electrons. The number of nitrogens with zero attached hydrogens (tertiary/aromatic N) is 1. The zero-order chi connectivity index (χ0) is 9.84. The van der Waals surface area contributed by atoms with E-state index in [1.807, 2.05) is 0 Å². The lowest BCUT2D eigenvalue weighted by Gasteiger charge is -2.37. The topological polar surface area (TPSA) is 81.6 Å². The molecule has 0 aromatic rings. The van der Waals surface area contributed by atoms with Gasteiger partial charge < -0.3 is 21.1 Å². The minimum absolute atomic E-state index is 0.0381. The van der Waals surface area contributed by atoms with Crippen LogP contribution in [0, 0.1) is 0 Å². The predicted molar refractivity (Wildman–Crippen MR) is 49.2 cm³/mol. The summed E-state index contributed by atoms with van der Waals surface area (Å²) in [5.41, 5.74) is 10.8. The fraction of sp³-hybridized carbons (Fsp3) is 0.875. The van der Waals surface area contributed by atoms with Crippen molar-refractivity contribution < 1.29 is 9.53 Å². The molecule has 1 aliphatic rings. The van der Waals surface area contributed by atoms with Gasteiger partial charge in [0.15, 0.2) is 0 Å². The molecule has 0 aromatic heterocycles. The maximum atomic E-state index is 11.0. The smallest absolute Gasteiger partial charge is 0.315 e. The van der Waals surface area contributed by atoms with Gasteiger partial charge in [0.25, 0.3) is 0 Å². The van der Waals surface area contributed by atoms with E-state index < -0.39 is 0 Å². The zero-order valence-corrected chi connectivity index (χ0v) is 7.90. The van der Waals surface area contributed by atoms with Crippen LogP contribution in [-0.4, -0.2) is 43.3 Å². The van der Waals surface area contributed by atoms with E-state index in [4.69, 9.17) is 16.2 Å². The largest absolute Gasteiger partial charge is 0.381 e. The minimum Gasteiger partial charge on any atom is -0.381 e. The first-order chi connectivity index (χ1) is 6.19. The van der Waals surface area contributed by atoms with Gasteiger partial charge in [-0.25, -0.2) is 4.79 Å². The van der Waals surface area contributed by atoms with Gasteiger partial charge in [-0.05, 0) is 12.8 Å². The molecule has 4 N–H and O–H groups in total. The van der Waals surface area contributed by atoms with Gasteiger partial charge >= 0.3 is 6.03 Å². The number of urea groups is 1. The summed E-state index contributed by atoms with van der Waals surface area (Å²) in [4.78, 5) is 12.6. The molecule has 1 heterocycles. The molecule has 2 atom stereocenters. The first-order valence-corrected chi connectivity index (χ1v) is 4.48. The van der Waals surface area contributed by atoms with Gasteiger partial charge in [0, 0.05) is 26.2 Å². The van der Waals surface area contributed by atoms with Crippen molar-refractivity contribution in [3.05, 3.63) is 0 Å². The van der Waals surface area contributed by atoms with Crippen molar-refractivity contribution >= 4 is 6.03 Å². The number of carbonyl (C=O) groups is 1. The molecule has 13 heavy (non-hydrogen) atoms. The van der Waals surface area contributed by atoms with E-state index in [2.05, 4.69) is 0 Å². The number of rotatable bonds is 2. The first kappa shape index (κ1) is 10.3. The summed E-state index contributed by atoms with van der Waals surface area (Å²) in [6.45, 7) is 1.10. The minimum atomic E-state index is -0.384. The Morgan fingerprint density at radius 1 is 1.69 bits per heavy atom. The predicted octanol–water partition coefficient (Wildman–Crippen LogP) is -0.497. The van der Waals surface area contributed by atoms with Crippen LogP contribution < -0.4 is 11.5 Å². The summed E-state index contributed by atoms with van der Waals surface area (Å²) in [6.07, 6.45) is 1.84. The molecule has 1 rings (SSSR count). The number of likely N-dealkylation sites (tertiary alicyclic amines) is 1. The van der Waals surface area contributed by atoms with Crippen LogP contribution in [0.15, 0.2) is 0 Å². The Morgan fingerprint density at radius 3 is 2.85 bits per heavy atom. The molecular weight excluding hydrogens is 170 g/mol. The monoisotopic (exact) mass is 187 g/mol. The SMILES string of the molecule is COC1CCN(C(N)=O)C(CN)C1. The number of carbonyl (C=O) groups excluding carboxylic acids is 1. The van der Waals surface area contributed by atoms with Gasteiger partial charge in [0.2, 0.25) is 0 Å². The molecule has 5 heteroatoms. The van der Waals surface area contributed by atoms with Crippen molar-refractivity contribution in [2.75, 3.05) is 20.2 Å². The van der Waals surface area contributed by atoms with Crippen LogP contribution in [0.25, 0.3) is 0 Å². The maximum Gasteiger partial charge on any atom is 0.315 e. The Bertz CT molecular complexity index is 186. The number of amides is 2. The van der Waals surface area contributed by atoms with E-state index in [-0.39, 0.29) is 18.2 Å². The summed E-state index contributed by atoms with van der Waals surface area (Å²) in [6, 6.07) is -0.346. The van der Waals surface area contributed by atoms with Gasteiger partial charge in [-0.1, -0.05) is 0 Å². The molecule has 2 unspecified atom stereocenters. The number of hydrogen-bond donors (Lipinski definition) is 2. The van der Waals surface area contributed by atoms with Crippen molar-refractivity contribution in [3.63, 3.8) is 0 Å². The van der Waals surface area contributed by atoms with Crippen LogP contribution in [0.5, 0.6) is 0 Å². The van der Waals surface area contributed by atoms with Crippen molar-refractivity contribution in [1.82, 2.24) is 4.90 Å². The van der Waals surface area contributed by atoms with E-state index in [0.717, 1.165) is 12.8 Å². The second-order valence-electron chi connectivity index (χ2n) is 3.30. The summed E-state index contributed by atoms with van der Waals surface area (Å²) in [5, 5.41) is 0. The van der Waals surface area contributed by atoms with E-state index in [9.17, 15) is 4.79 Å². The van der Waals surface area contributed by atoms with E-state index >= 15 is 0 Å². The highest BCUT2D eigenvalue weighted by molar-refractivity contribution is 5.72. The molecule has 5 nitrogen and oxygen atoms in total. The van der Waals surface area contributed by atoms with Gasteiger partial charge in [-0.15, -0.1) is 0 Å². The summed E-state index contributed by atoms with van der Waals surface area (Å²) in [5.74, 6) is 0. The molecule has 2 amide bonds. The molecule has 0 aliphatic carbocycles. The third kappa shape index (κ3) is 2.32. The Hall–Kier alpha value is -0.810. The Kier molecular flexibility index (Phi) is 3.50. The highest BCUT2D eigenvalue weighted by Crippen LogP contribution is 2.18. The van der Waals surface area contributed by atoms with Crippen LogP contribution in [0.1, 0.15) is 12.8 Å². The number of hydrogen-bond acceptors (Lipinski definition) is 3. The van der Waals surface area contributed by atoms with Crippen molar-refractivity contribution in [1.29, 1.82) is 0 Å². The van der Waals surface area contributed by atoms with E-state index in [1.165, 1.54) is 0 Å². The number of piperidine rings is 1. The van der Waals surface area contributed by atoms with Crippen molar-refractivity contribution in [2.45, 2.75) is 25.0 Å². The number of ether oxygens (including phenoxy) is 1. The highest BCUT2D eigenvalue weighted by Gasteiger charge is 2.29. The Morgan fingerprint density at radius 2 is 2.38 bits per heavy atom. The lowest BCUT2D eigenvalue weighted by atomic mass is 10.00. The Balaban J connectivity index is 2.55. The first-order valence-electron chi connectivity index (χ1n) is 4.48. The molecule has 1 fully saturated rings. The average Bonchev–Trinajstić information content (AvgIpc) is 2.16. The van der Waals surface area contributed by atoms with Crippen LogP contribution in [0.4, 0.5) is 4.79 Å². The lowest BCUT2D eigenvalue weighted by Crippen LogP contribution is -2.53. The van der Waals surface area contributed by atoms with Crippen LogP contribution in [0.2, 0.25) is 0 Å². The molecule has 0 bridgehead atoms. The zero-order valence-electron chi connectivity index (χ0n) is 7.90. The summed E-state index contributed by atoms with van der Waals surface area (Å²) >= 11 is 0. The van der Waals surface area contributed by atoms with Gasteiger partial charge in [-0.3, -0.25) is 0 Å². The number of methoxy groups -OCH3 is 1. The van der Waals surface area contributed by atoms with Crippen molar-refractivity contribution in [2.24, 2.45) is 11.5 Å². The second-order valence-corrected chi connectivity index (χ2v) is 3.30. The molecule has 0 aromatic carbocycles. The third-order valence-electron chi connectivity index (χ3n) is 2.56. The van der Waals surface area contributed by atoms with E-state index in [0.29, 0.717) is 13.1 Å². The molecule has 1 saturated heterocycles. The van der Waals surface area contributed by atoms with Crippen LogP contribution >= 0.6 is 0 Å². The summed E-state index contributed by atoms with van der Waals surface area (Å²) < 4.78 is 5.22. The molecule has 0 saturated carbocycles. The normalized spacial score (nSPS) is 28.9.